The van der Waals surface area contributed by atoms with Gasteiger partial charge in [-0.2, -0.15) is 0 Å². The molecule has 2 fully saturated rings. The van der Waals surface area contributed by atoms with Crippen molar-refractivity contribution in [1.82, 2.24) is 4.98 Å². The van der Waals surface area contributed by atoms with Gasteiger partial charge in [-0.1, -0.05) is 30.2 Å². The van der Waals surface area contributed by atoms with E-state index in [0.717, 1.165) is 35.9 Å². The van der Waals surface area contributed by atoms with E-state index in [0.29, 0.717) is 12.5 Å². The average Bonchev–Trinajstić information content (AvgIpc) is 3.15. The van der Waals surface area contributed by atoms with E-state index in [1.807, 2.05) is 12.1 Å². The molecule has 2 atom stereocenters. The third-order valence-electron chi connectivity index (χ3n) is 5.47. The molecule has 0 amide bonds. The highest BCUT2D eigenvalue weighted by atomic mass is 32.1. The van der Waals surface area contributed by atoms with Crippen LogP contribution in [-0.2, 0) is 0 Å². The molecule has 2 aliphatic rings. The van der Waals surface area contributed by atoms with Crippen molar-refractivity contribution in [1.29, 1.82) is 0 Å². The molecule has 1 aromatic carbocycles. The second-order valence-electron chi connectivity index (χ2n) is 6.65. The Morgan fingerprint density at radius 3 is 3.14 bits per heavy atom. The molecule has 0 radical (unpaired) electrons. The van der Waals surface area contributed by atoms with Crippen LogP contribution in [0.4, 0.5) is 5.13 Å². The minimum Gasteiger partial charge on any atom is -0.494 e. The molecule has 1 saturated carbocycles. The first-order chi connectivity index (χ1) is 10.8. The summed E-state index contributed by atoms with van der Waals surface area (Å²) < 4.78 is 6.59. The van der Waals surface area contributed by atoms with Crippen molar-refractivity contribution >= 4 is 26.7 Å². The minimum atomic E-state index is 0.0974. The summed E-state index contributed by atoms with van der Waals surface area (Å²) in [6.07, 6.45) is 4.94. The lowest BCUT2D eigenvalue weighted by Crippen LogP contribution is -2.36. The van der Waals surface area contributed by atoms with Gasteiger partial charge in [0.25, 0.3) is 0 Å². The number of anilines is 1. The number of hydrogen-bond donors (Lipinski definition) is 1. The lowest BCUT2D eigenvalue weighted by Gasteiger charge is -2.36. The molecular formula is C17H22N2O2S. The van der Waals surface area contributed by atoms with E-state index in [1.54, 1.807) is 18.4 Å². The Morgan fingerprint density at radius 1 is 1.45 bits per heavy atom. The van der Waals surface area contributed by atoms with Gasteiger partial charge in [0.05, 0.1) is 18.4 Å². The maximum atomic E-state index is 9.97. The molecule has 2 aromatic rings. The van der Waals surface area contributed by atoms with E-state index in [2.05, 4.69) is 11.0 Å². The fourth-order valence-electron chi connectivity index (χ4n) is 4.20. The van der Waals surface area contributed by atoms with E-state index >= 15 is 0 Å². The fourth-order valence-corrected chi connectivity index (χ4v) is 5.19. The van der Waals surface area contributed by atoms with Crippen LogP contribution in [0.25, 0.3) is 10.2 Å². The van der Waals surface area contributed by atoms with Crippen molar-refractivity contribution in [2.75, 3.05) is 31.7 Å². The Hall–Kier alpha value is -1.33. The monoisotopic (exact) mass is 318 g/mol. The Bertz CT molecular complexity index is 686. The zero-order valence-electron chi connectivity index (χ0n) is 12.9. The standard InChI is InChI=1S/C17H22N2O2S/c1-21-13-6-4-7-14-15(13)18-16(22-14)19-9-12-5-2-3-8-17(12,10-19)11-20/h4,6-7,12,20H,2-3,5,8-11H2,1H3. The normalized spacial score (nSPS) is 28.1. The molecule has 22 heavy (non-hydrogen) atoms. The summed E-state index contributed by atoms with van der Waals surface area (Å²) in [7, 11) is 1.69. The maximum Gasteiger partial charge on any atom is 0.186 e. The van der Waals surface area contributed by atoms with Crippen LogP contribution < -0.4 is 9.64 Å². The quantitative estimate of drug-likeness (QED) is 0.943. The second-order valence-corrected chi connectivity index (χ2v) is 7.66. The number of fused-ring (bicyclic) bond motifs is 2. The van der Waals surface area contributed by atoms with Gasteiger partial charge in [0.15, 0.2) is 5.13 Å². The van der Waals surface area contributed by atoms with Crippen molar-refractivity contribution in [3.05, 3.63) is 18.2 Å². The van der Waals surface area contributed by atoms with Crippen LogP contribution in [0.1, 0.15) is 25.7 Å². The van der Waals surface area contributed by atoms with Crippen molar-refractivity contribution in [2.24, 2.45) is 11.3 Å². The van der Waals surface area contributed by atoms with Crippen LogP contribution in [0.5, 0.6) is 5.75 Å². The maximum absolute atomic E-state index is 9.97. The second kappa shape index (κ2) is 5.39. The van der Waals surface area contributed by atoms with E-state index in [4.69, 9.17) is 9.72 Å². The number of benzene rings is 1. The van der Waals surface area contributed by atoms with Crippen LogP contribution in [0.3, 0.4) is 0 Å². The van der Waals surface area contributed by atoms with Crippen LogP contribution in [-0.4, -0.2) is 36.9 Å². The fraction of sp³-hybridized carbons (Fsp3) is 0.588. The third kappa shape index (κ3) is 2.10. The summed E-state index contributed by atoms with van der Waals surface area (Å²) in [5.41, 5.74) is 1.05. The highest BCUT2D eigenvalue weighted by Gasteiger charge is 2.47. The number of para-hydroxylation sites is 1. The van der Waals surface area contributed by atoms with Gasteiger partial charge in [0.1, 0.15) is 11.3 Å². The Kier molecular flexibility index (Phi) is 3.50. The summed E-state index contributed by atoms with van der Waals surface area (Å²) in [4.78, 5) is 7.21. The predicted octanol–water partition coefficient (Wildman–Crippen LogP) is 3.29. The molecule has 1 N–H and O–H groups in total. The highest BCUT2D eigenvalue weighted by Crippen LogP contribution is 2.48. The summed E-state index contributed by atoms with van der Waals surface area (Å²) >= 11 is 1.73. The van der Waals surface area contributed by atoms with Gasteiger partial charge < -0.3 is 14.7 Å². The molecule has 0 bridgehead atoms. The predicted molar refractivity (Wildman–Crippen MR) is 89.9 cm³/mol. The molecule has 1 aliphatic carbocycles. The molecule has 1 aromatic heterocycles. The van der Waals surface area contributed by atoms with Crippen LogP contribution >= 0.6 is 11.3 Å². The number of rotatable bonds is 3. The molecule has 2 heterocycles. The number of hydrogen-bond acceptors (Lipinski definition) is 5. The molecular weight excluding hydrogens is 296 g/mol. The molecule has 2 unspecified atom stereocenters. The summed E-state index contributed by atoms with van der Waals surface area (Å²) in [6.45, 7) is 2.28. The summed E-state index contributed by atoms with van der Waals surface area (Å²) in [6, 6.07) is 6.08. The van der Waals surface area contributed by atoms with Gasteiger partial charge in [0.2, 0.25) is 0 Å². The molecule has 1 saturated heterocycles. The molecule has 4 rings (SSSR count). The summed E-state index contributed by atoms with van der Waals surface area (Å²) in [5, 5.41) is 11.0. The average molecular weight is 318 g/mol. The molecule has 118 valence electrons. The first-order valence-corrected chi connectivity index (χ1v) is 8.87. The topological polar surface area (TPSA) is 45.6 Å². The van der Waals surface area contributed by atoms with E-state index in [1.165, 1.54) is 24.0 Å². The number of aromatic nitrogens is 1. The molecule has 4 nitrogen and oxygen atoms in total. The van der Waals surface area contributed by atoms with E-state index < -0.39 is 0 Å². The first kappa shape index (κ1) is 14.3. The van der Waals surface area contributed by atoms with E-state index in [-0.39, 0.29) is 5.41 Å². The zero-order chi connectivity index (χ0) is 15.2. The van der Waals surface area contributed by atoms with Gasteiger partial charge in [-0.05, 0) is 30.9 Å². The molecule has 5 heteroatoms. The number of nitrogens with zero attached hydrogens (tertiary/aromatic N) is 2. The third-order valence-corrected chi connectivity index (χ3v) is 6.55. The van der Waals surface area contributed by atoms with Gasteiger partial charge >= 0.3 is 0 Å². The Balaban J connectivity index is 1.68. The molecule has 0 spiro atoms. The summed E-state index contributed by atoms with van der Waals surface area (Å²) in [5.74, 6) is 1.45. The lowest BCUT2D eigenvalue weighted by molar-refractivity contribution is 0.0627. The lowest BCUT2D eigenvalue weighted by atomic mass is 9.69. The van der Waals surface area contributed by atoms with Crippen molar-refractivity contribution in [3.8, 4) is 5.75 Å². The highest BCUT2D eigenvalue weighted by molar-refractivity contribution is 7.22. The number of aliphatic hydroxyl groups excluding tert-OH is 1. The largest absolute Gasteiger partial charge is 0.494 e. The van der Waals surface area contributed by atoms with Crippen molar-refractivity contribution in [2.45, 2.75) is 25.7 Å². The number of aliphatic hydroxyl groups is 1. The van der Waals surface area contributed by atoms with Crippen LogP contribution in [0.2, 0.25) is 0 Å². The van der Waals surface area contributed by atoms with Crippen molar-refractivity contribution in [3.63, 3.8) is 0 Å². The zero-order valence-corrected chi connectivity index (χ0v) is 13.7. The minimum absolute atomic E-state index is 0.0974. The Labute approximate surface area is 134 Å². The number of thiazole rings is 1. The number of methoxy groups -OCH3 is 1. The van der Waals surface area contributed by atoms with Gasteiger partial charge in [-0.3, -0.25) is 0 Å². The van der Waals surface area contributed by atoms with Gasteiger partial charge in [0, 0.05) is 18.5 Å². The van der Waals surface area contributed by atoms with Crippen LogP contribution in [0.15, 0.2) is 18.2 Å². The molecule has 1 aliphatic heterocycles. The van der Waals surface area contributed by atoms with Gasteiger partial charge in [-0.15, -0.1) is 0 Å². The van der Waals surface area contributed by atoms with Gasteiger partial charge in [-0.25, -0.2) is 4.98 Å². The number of ether oxygens (including phenoxy) is 1. The van der Waals surface area contributed by atoms with E-state index in [9.17, 15) is 5.11 Å². The van der Waals surface area contributed by atoms with Crippen molar-refractivity contribution < 1.29 is 9.84 Å². The Morgan fingerprint density at radius 2 is 2.36 bits per heavy atom. The van der Waals surface area contributed by atoms with Crippen LogP contribution in [0, 0.1) is 11.3 Å². The first-order valence-electron chi connectivity index (χ1n) is 8.05. The smallest absolute Gasteiger partial charge is 0.186 e. The SMILES string of the molecule is COc1cccc2sc(N3CC4CCCCC4(CO)C3)nc12.